The molecule has 2 rings (SSSR count). The molecule has 1 aromatic heterocycles. The highest BCUT2D eigenvalue weighted by Gasteiger charge is 2.21. The van der Waals surface area contributed by atoms with Gasteiger partial charge in [-0.1, -0.05) is 31.2 Å². The molecule has 2 aromatic rings. The van der Waals surface area contributed by atoms with Gasteiger partial charge in [0.1, 0.15) is 0 Å². The Kier molecular flexibility index (Phi) is 5.43. The van der Waals surface area contributed by atoms with Crippen molar-refractivity contribution < 1.29 is 19.2 Å². The predicted molar refractivity (Wildman–Crippen MR) is 88.8 cm³/mol. The number of methoxy groups -OCH3 is 1. The molecule has 0 aliphatic heterocycles. The number of pyridine rings is 1. The van der Waals surface area contributed by atoms with E-state index >= 15 is 0 Å². The Balaban J connectivity index is 2.41. The van der Waals surface area contributed by atoms with Crippen LogP contribution in [0, 0.1) is 10.1 Å². The number of nitro groups is 1. The fourth-order valence-electron chi connectivity index (χ4n) is 2.27. The largest absolute Gasteiger partial charge is 0.465 e. The highest BCUT2D eigenvalue weighted by molar-refractivity contribution is 5.96. The zero-order chi connectivity index (χ0) is 18.6. The number of nitrogens with zero attached hydrogens (tertiary/aromatic N) is 2. The molecule has 0 fully saturated rings. The molecule has 1 aromatic carbocycles. The van der Waals surface area contributed by atoms with Crippen LogP contribution in [-0.4, -0.2) is 28.4 Å². The summed E-state index contributed by atoms with van der Waals surface area (Å²) in [7, 11) is 1.12. The summed E-state index contributed by atoms with van der Waals surface area (Å²) < 4.78 is 5.37. The number of hydrogen-bond acceptors (Lipinski definition) is 6. The molecule has 25 heavy (non-hydrogen) atoms. The Morgan fingerprint density at radius 1 is 1.20 bits per heavy atom. The molecule has 0 bridgehead atoms. The van der Waals surface area contributed by atoms with Gasteiger partial charge in [0.2, 0.25) is 0 Å². The summed E-state index contributed by atoms with van der Waals surface area (Å²) in [6, 6.07) is 7.69. The summed E-state index contributed by atoms with van der Waals surface area (Å²) in [5.74, 6) is -1.24. The van der Waals surface area contributed by atoms with E-state index in [2.05, 4.69) is 4.74 Å². The van der Waals surface area contributed by atoms with Crippen LogP contribution in [0.1, 0.15) is 33.2 Å². The lowest BCUT2D eigenvalue weighted by Crippen LogP contribution is -2.27. The average molecular weight is 344 g/mol. The molecule has 0 N–H and O–H groups in total. The molecule has 8 nitrogen and oxygen atoms in total. The molecule has 0 saturated carbocycles. The maximum absolute atomic E-state index is 12.4. The van der Waals surface area contributed by atoms with Crippen LogP contribution in [0.5, 0.6) is 0 Å². The summed E-state index contributed by atoms with van der Waals surface area (Å²) in [5, 5.41) is 11.0. The second-order valence-corrected chi connectivity index (χ2v) is 5.27. The zero-order valence-corrected chi connectivity index (χ0v) is 13.7. The molecule has 0 aliphatic carbocycles. The molecule has 0 atom stereocenters. The third kappa shape index (κ3) is 3.97. The van der Waals surface area contributed by atoms with Gasteiger partial charge in [0, 0.05) is 17.8 Å². The van der Waals surface area contributed by atoms with Crippen molar-refractivity contribution in [3.05, 3.63) is 73.7 Å². The normalized spacial score (nSPS) is 10.3. The van der Waals surface area contributed by atoms with Gasteiger partial charge in [0.25, 0.3) is 0 Å². The van der Waals surface area contributed by atoms with Crippen molar-refractivity contribution in [3.63, 3.8) is 0 Å². The van der Waals surface area contributed by atoms with Crippen LogP contribution in [0.15, 0.2) is 41.3 Å². The summed E-state index contributed by atoms with van der Waals surface area (Å²) >= 11 is 0. The lowest BCUT2D eigenvalue weighted by atomic mass is 10.1. The Morgan fingerprint density at radius 2 is 1.84 bits per heavy atom. The van der Waals surface area contributed by atoms with E-state index in [1.807, 2.05) is 6.92 Å². The first-order chi connectivity index (χ1) is 11.9. The van der Waals surface area contributed by atoms with E-state index in [0.29, 0.717) is 5.56 Å². The van der Waals surface area contributed by atoms with Gasteiger partial charge < -0.3 is 9.30 Å². The Labute approximate surface area is 142 Å². The van der Waals surface area contributed by atoms with Gasteiger partial charge in [-0.25, -0.2) is 4.79 Å². The summed E-state index contributed by atoms with van der Waals surface area (Å²) in [6.45, 7) is 1.56. The van der Waals surface area contributed by atoms with Crippen LogP contribution in [0.3, 0.4) is 0 Å². The van der Waals surface area contributed by atoms with Crippen LogP contribution in [0.4, 0.5) is 5.69 Å². The Hall–Kier alpha value is -3.29. The molecular weight excluding hydrogens is 328 g/mol. The molecule has 0 aliphatic rings. The van der Waals surface area contributed by atoms with E-state index in [9.17, 15) is 24.5 Å². The first-order valence-corrected chi connectivity index (χ1v) is 7.46. The maximum Gasteiger partial charge on any atom is 0.339 e. The molecule has 8 heteroatoms. The van der Waals surface area contributed by atoms with Gasteiger partial charge in [-0.15, -0.1) is 0 Å². The molecule has 0 amide bonds. The van der Waals surface area contributed by atoms with Gasteiger partial charge in [0.05, 0.1) is 24.1 Å². The van der Waals surface area contributed by atoms with Crippen LogP contribution in [-0.2, 0) is 17.7 Å². The van der Waals surface area contributed by atoms with Gasteiger partial charge in [-0.2, -0.15) is 0 Å². The van der Waals surface area contributed by atoms with Crippen molar-refractivity contribution in [2.75, 3.05) is 7.11 Å². The minimum atomic E-state index is -0.962. The number of Topliss-reactive ketones (excluding diaryl/α,β-unsaturated/α-hetero) is 1. The summed E-state index contributed by atoms with van der Waals surface area (Å²) in [6.07, 6.45) is 1.90. The fourth-order valence-corrected chi connectivity index (χ4v) is 2.27. The standard InChI is InChI=1S/C17H16N2O6/c1-3-11-4-6-12(7-5-11)15(20)10-18-9-13(17(22)25-2)8-14(16(18)21)19(23)24/h4-9H,3,10H2,1-2H3. The zero-order valence-electron chi connectivity index (χ0n) is 13.7. The molecule has 0 spiro atoms. The highest BCUT2D eigenvalue weighted by atomic mass is 16.6. The van der Waals surface area contributed by atoms with Crippen LogP contribution < -0.4 is 5.56 Å². The van der Waals surface area contributed by atoms with Crippen molar-refractivity contribution in [3.8, 4) is 0 Å². The number of esters is 1. The lowest BCUT2D eigenvalue weighted by molar-refractivity contribution is -0.386. The number of carbonyl (C=O) groups is 2. The van der Waals surface area contributed by atoms with Crippen molar-refractivity contribution in [1.82, 2.24) is 4.57 Å². The van der Waals surface area contributed by atoms with Gasteiger partial charge >= 0.3 is 17.2 Å². The average Bonchev–Trinajstić information content (AvgIpc) is 2.62. The highest BCUT2D eigenvalue weighted by Crippen LogP contribution is 2.11. The number of hydrogen-bond donors (Lipinski definition) is 0. The van der Waals surface area contributed by atoms with Crippen molar-refractivity contribution in [2.45, 2.75) is 19.9 Å². The third-order valence-electron chi connectivity index (χ3n) is 3.68. The smallest absolute Gasteiger partial charge is 0.339 e. The molecule has 130 valence electrons. The number of aryl methyl sites for hydroxylation is 1. The Bertz CT molecular complexity index is 883. The Morgan fingerprint density at radius 3 is 2.36 bits per heavy atom. The molecular formula is C17H16N2O6. The molecule has 0 saturated heterocycles. The first-order valence-electron chi connectivity index (χ1n) is 7.46. The van der Waals surface area contributed by atoms with Gasteiger partial charge in [0.15, 0.2) is 5.78 Å². The predicted octanol–water partition coefficient (Wildman–Crippen LogP) is 1.99. The summed E-state index contributed by atoms with van der Waals surface area (Å²) in [4.78, 5) is 46.3. The first kappa shape index (κ1) is 18.1. The lowest BCUT2D eigenvalue weighted by Gasteiger charge is -2.08. The second kappa shape index (κ2) is 7.52. The fraction of sp³-hybridized carbons (Fsp3) is 0.235. The van der Waals surface area contributed by atoms with Crippen LogP contribution in [0.2, 0.25) is 0 Å². The number of ether oxygens (including phenoxy) is 1. The van der Waals surface area contributed by atoms with Crippen molar-refractivity contribution in [1.29, 1.82) is 0 Å². The van der Waals surface area contributed by atoms with E-state index in [4.69, 9.17) is 0 Å². The number of benzene rings is 1. The molecule has 1 heterocycles. The number of rotatable bonds is 6. The van der Waals surface area contributed by atoms with Gasteiger partial charge in [-0.05, 0) is 12.0 Å². The minimum absolute atomic E-state index is 0.178. The van der Waals surface area contributed by atoms with E-state index in [1.165, 1.54) is 0 Å². The van der Waals surface area contributed by atoms with Crippen molar-refractivity contribution >= 4 is 17.4 Å². The van der Waals surface area contributed by atoms with E-state index < -0.39 is 34.5 Å². The SMILES string of the molecule is CCc1ccc(C(=O)Cn2cc(C(=O)OC)cc([N+](=O)[O-])c2=O)cc1. The topological polar surface area (TPSA) is 109 Å². The molecule has 0 unspecified atom stereocenters. The minimum Gasteiger partial charge on any atom is -0.465 e. The number of aromatic nitrogens is 1. The monoisotopic (exact) mass is 344 g/mol. The van der Waals surface area contributed by atoms with Crippen LogP contribution in [0.25, 0.3) is 0 Å². The van der Waals surface area contributed by atoms with Gasteiger partial charge in [-0.3, -0.25) is 19.7 Å². The van der Waals surface area contributed by atoms with E-state index in [-0.39, 0.29) is 5.56 Å². The number of carbonyl (C=O) groups excluding carboxylic acids is 2. The number of ketones is 1. The maximum atomic E-state index is 12.4. The van der Waals surface area contributed by atoms with E-state index in [0.717, 1.165) is 35.9 Å². The quantitative estimate of drug-likeness (QED) is 0.343. The van der Waals surface area contributed by atoms with E-state index in [1.54, 1.807) is 24.3 Å². The van der Waals surface area contributed by atoms with Crippen LogP contribution >= 0.6 is 0 Å². The third-order valence-corrected chi connectivity index (χ3v) is 3.68. The molecule has 0 radical (unpaired) electrons. The van der Waals surface area contributed by atoms with Crippen molar-refractivity contribution in [2.24, 2.45) is 0 Å². The summed E-state index contributed by atoms with van der Waals surface area (Å²) in [5.41, 5.74) is -0.511. The second-order valence-electron chi connectivity index (χ2n) is 5.27.